The summed E-state index contributed by atoms with van der Waals surface area (Å²) in [6.45, 7) is 6.10. The molecule has 1 aliphatic heterocycles. The summed E-state index contributed by atoms with van der Waals surface area (Å²) in [4.78, 5) is 28.6. The van der Waals surface area contributed by atoms with Gasteiger partial charge < -0.3 is 10.0 Å². The van der Waals surface area contributed by atoms with Crippen molar-refractivity contribution in [2.75, 3.05) is 16.3 Å². The first kappa shape index (κ1) is 21.6. The molecule has 1 atom stereocenters. The Hall–Kier alpha value is -3.67. The van der Waals surface area contributed by atoms with Crippen molar-refractivity contribution >= 4 is 23.4 Å². The summed E-state index contributed by atoms with van der Waals surface area (Å²) in [5.41, 5.74) is 5.37. The van der Waals surface area contributed by atoms with Crippen LogP contribution in [-0.4, -0.2) is 29.7 Å². The number of halogens is 1. The lowest BCUT2D eigenvalue weighted by Crippen LogP contribution is -2.52. The van der Waals surface area contributed by atoms with E-state index >= 15 is 0 Å². The number of anilines is 2. The van der Waals surface area contributed by atoms with Crippen LogP contribution in [0.2, 0.25) is 0 Å². The summed E-state index contributed by atoms with van der Waals surface area (Å²) in [5, 5.41) is 9.84. The summed E-state index contributed by atoms with van der Waals surface area (Å²) in [6.07, 6.45) is -0.427. The molecule has 5 nitrogen and oxygen atoms in total. The van der Waals surface area contributed by atoms with E-state index < -0.39 is 6.09 Å². The van der Waals surface area contributed by atoms with E-state index in [9.17, 15) is 19.1 Å². The van der Waals surface area contributed by atoms with Crippen LogP contribution in [0.4, 0.5) is 20.6 Å². The van der Waals surface area contributed by atoms with E-state index in [1.54, 1.807) is 29.2 Å². The Balaban J connectivity index is 1.71. The number of carboxylic acid groups (broad SMARTS) is 1. The van der Waals surface area contributed by atoms with Gasteiger partial charge in [0.05, 0.1) is 17.4 Å². The van der Waals surface area contributed by atoms with Crippen LogP contribution in [0, 0.1) is 19.7 Å². The molecule has 0 saturated heterocycles. The molecule has 0 bridgehead atoms. The first-order valence-electron chi connectivity index (χ1n) is 10.6. The Morgan fingerprint density at radius 3 is 2.00 bits per heavy atom. The van der Waals surface area contributed by atoms with Crippen LogP contribution in [-0.2, 0) is 0 Å². The number of fused-ring (bicyclic) bond motifs is 1. The average molecular weight is 432 g/mol. The first-order chi connectivity index (χ1) is 15.3. The number of aryl methyl sites for hydroxylation is 2. The zero-order chi connectivity index (χ0) is 23.0. The van der Waals surface area contributed by atoms with Gasteiger partial charge in [-0.2, -0.15) is 0 Å². The van der Waals surface area contributed by atoms with Crippen molar-refractivity contribution in [2.45, 2.75) is 33.2 Å². The molecule has 1 heterocycles. The smallest absolute Gasteiger partial charge is 0.412 e. The molecule has 0 saturated carbocycles. The number of hydrogen-bond acceptors (Lipinski definition) is 2. The molecule has 0 radical (unpaired) electrons. The molecule has 2 amide bonds. The number of carbonyl (C=O) groups excluding carboxylic acids is 1. The van der Waals surface area contributed by atoms with Gasteiger partial charge in [-0.25, -0.2) is 9.18 Å². The second kappa shape index (κ2) is 8.46. The minimum absolute atomic E-state index is 0.177. The van der Waals surface area contributed by atoms with Gasteiger partial charge in [0.2, 0.25) is 0 Å². The maximum Gasteiger partial charge on any atom is 0.412 e. The highest BCUT2D eigenvalue weighted by Gasteiger charge is 2.37. The Bertz CT molecular complexity index is 1170. The topological polar surface area (TPSA) is 60.9 Å². The highest BCUT2D eigenvalue weighted by atomic mass is 19.1. The van der Waals surface area contributed by atoms with Gasteiger partial charge in [-0.15, -0.1) is 0 Å². The van der Waals surface area contributed by atoms with Crippen molar-refractivity contribution in [3.05, 3.63) is 83.2 Å². The van der Waals surface area contributed by atoms with Crippen molar-refractivity contribution in [3.63, 3.8) is 0 Å². The summed E-state index contributed by atoms with van der Waals surface area (Å²) in [5.74, 6) is -0.473. The summed E-state index contributed by atoms with van der Waals surface area (Å²) < 4.78 is 13.2. The summed E-state index contributed by atoms with van der Waals surface area (Å²) in [6, 6.07) is 16.8. The van der Waals surface area contributed by atoms with Gasteiger partial charge in [0, 0.05) is 12.1 Å². The molecular formula is C26H25FN2O3. The average Bonchev–Trinajstić information content (AvgIpc) is 2.79. The fourth-order valence-corrected chi connectivity index (χ4v) is 4.15. The molecule has 1 N–H and O–H groups in total. The Morgan fingerprint density at radius 1 is 0.938 bits per heavy atom. The molecule has 1 unspecified atom stereocenters. The maximum atomic E-state index is 13.5. The fraction of sp³-hybridized carbons (Fsp3) is 0.231. The van der Waals surface area contributed by atoms with Gasteiger partial charge >= 0.3 is 6.09 Å². The molecule has 4 rings (SSSR count). The van der Waals surface area contributed by atoms with E-state index in [4.69, 9.17) is 0 Å². The van der Waals surface area contributed by atoms with E-state index in [1.807, 2.05) is 45.0 Å². The second-order valence-corrected chi connectivity index (χ2v) is 8.14. The highest BCUT2D eigenvalue weighted by molar-refractivity contribution is 6.10. The largest absolute Gasteiger partial charge is 0.465 e. The van der Waals surface area contributed by atoms with Crippen LogP contribution in [0.25, 0.3) is 11.1 Å². The maximum absolute atomic E-state index is 13.5. The fourth-order valence-electron chi connectivity index (χ4n) is 4.15. The number of amides is 2. The Kier molecular flexibility index (Phi) is 5.70. The highest BCUT2D eigenvalue weighted by Crippen LogP contribution is 2.39. The third-order valence-electron chi connectivity index (χ3n) is 6.13. The lowest BCUT2D eigenvalue weighted by atomic mass is 9.99. The van der Waals surface area contributed by atoms with E-state index in [0.717, 1.165) is 22.3 Å². The molecule has 3 aromatic rings. The third-order valence-corrected chi connectivity index (χ3v) is 6.13. The van der Waals surface area contributed by atoms with Gasteiger partial charge in [0.25, 0.3) is 5.91 Å². The Morgan fingerprint density at radius 2 is 1.47 bits per heavy atom. The van der Waals surface area contributed by atoms with Crippen molar-refractivity contribution in [3.8, 4) is 11.1 Å². The summed E-state index contributed by atoms with van der Waals surface area (Å²) >= 11 is 0. The lowest BCUT2D eigenvalue weighted by Gasteiger charge is -2.41. The van der Waals surface area contributed by atoms with Crippen LogP contribution in [0.5, 0.6) is 0 Å². The normalized spacial score (nSPS) is 15.4. The summed E-state index contributed by atoms with van der Waals surface area (Å²) in [7, 11) is 0. The molecular weight excluding hydrogens is 407 g/mol. The van der Waals surface area contributed by atoms with Crippen molar-refractivity contribution in [1.29, 1.82) is 0 Å². The van der Waals surface area contributed by atoms with E-state index in [-0.39, 0.29) is 24.3 Å². The molecule has 0 spiro atoms. The van der Waals surface area contributed by atoms with E-state index in [1.165, 1.54) is 17.0 Å². The van der Waals surface area contributed by atoms with E-state index in [2.05, 4.69) is 0 Å². The van der Waals surface area contributed by atoms with Crippen molar-refractivity contribution in [1.82, 2.24) is 0 Å². The lowest BCUT2D eigenvalue weighted by molar-refractivity contribution is 0.0982. The molecule has 6 heteroatoms. The van der Waals surface area contributed by atoms with Crippen LogP contribution >= 0.6 is 0 Å². The quantitative estimate of drug-likeness (QED) is 0.549. The predicted molar refractivity (Wildman–Crippen MR) is 124 cm³/mol. The third kappa shape index (κ3) is 3.84. The van der Waals surface area contributed by atoms with Crippen LogP contribution in [0.1, 0.15) is 34.8 Å². The molecule has 164 valence electrons. The number of nitrogens with zero attached hydrogens (tertiary/aromatic N) is 2. The van der Waals surface area contributed by atoms with Gasteiger partial charge in [-0.3, -0.25) is 9.69 Å². The molecule has 32 heavy (non-hydrogen) atoms. The minimum atomic E-state index is -1.02. The predicted octanol–water partition coefficient (Wildman–Crippen LogP) is 6.03. The van der Waals surface area contributed by atoms with Crippen LogP contribution in [0.15, 0.2) is 60.7 Å². The first-order valence-corrected chi connectivity index (χ1v) is 10.6. The number of benzene rings is 3. The second-order valence-electron chi connectivity index (χ2n) is 8.14. The van der Waals surface area contributed by atoms with Gasteiger partial charge in [-0.1, -0.05) is 31.2 Å². The van der Waals surface area contributed by atoms with Gasteiger partial charge in [0.1, 0.15) is 5.82 Å². The molecule has 1 aliphatic rings. The monoisotopic (exact) mass is 432 g/mol. The zero-order valence-electron chi connectivity index (χ0n) is 18.3. The van der Waals surface area contributed by atoms with Crippen LogP contribution < -0.4 is 9.80 Å². The Labute approximate surface area is 186 Å². The van der Waals surface area contributed by atoms with Gasteiger partial charge in [0.15, 0.2) is 0 Å². The molecule has 0 aliphatic carbocycles. The molecule has 0 aromatic heterocycles. The number of carbonyl (C=O) groups is 2. The zero-order valence-corrected chi connectivity index (χ0v) is 18.3. The number of rotatable bonds is 3. The van der Waals surface area contributed by atoms with Crippen molar-refractivity contribution in [2.24, 2.45) is 0 Å². The standard InChI is InChI=1S/C26H25FN2O3/c1-4-22-15-28(23-13-16(2)17(3)14-24(23)29(22)26(31)32)25(30)20-7-5-18(6-8-20)19-9-11-21(27)12-10-19/h5-14,22H,4,15H2,1-3H3,(H,31,32). The molecule has 0 fully saturated rings. The minimum Gasteiger partial charge on any atom is -0.465 e. The van der Waals surface area contributed by atoms with Crippen LogP contribution in [0.3, 0.4) is 0 Å². The molecule has 3 aromatic carbocycles. The number of hydrogen-bond donors (Lipinski definition) is 1. The van der Waals surface area contributed by atoms with Gasteiger partial charge in [-0.05, 0) is 78.9 Å². The van der Waals surface area contributed by atoms with E-state index in [0.29, 0.717) is 23.4 Å². The van der Waals surface area contributed by atoms with Crippen molar-refractivity contribution < 1.29 is 19.1 Å². The SMILES string of the molecule is CCC1CN(C(=O)c2ccc(-c3ccc(F)cc3)cc2)c2cc(C)c(C)cc2N1C(=O)O.